The van der Waals surface area contributed by atoms with Gasteiger partial charge in [-0.3, -0.25) is 4.79 Å². The van der Waals surface area contributed by atoms with Gasteiger partial charge in [0.1, 0.15) is 5.75 Å². The average Bonchev–Trinajstić information content (AvgIpc) is 3.21. The van der Waals surface area contributed by atoms with Crippen LogP contribution in [0.15, 0.2) is 48.5 Å². The minimum Gasteiger partial charge on any atom is -0.431 e. The molecule has 1 aliphatic rings. The maximum Gasteiger partial charge on any atom is 0.279 e. The molecular weight excluding hydrogens is 422 g/mol. The zero-order valence-corrected chi connectivity index (χ0v) is 19.5. The van der Waals surface area contributed by atoms with Crippen LogP contribution in [0.25, 0.3) is 10.2 Å². The van der Waals surface area contributed by atoms with Crippen molar-refractivity contribution in [2.24, 2.45) is 5.92 Å². The summed E-state index contributed by atoms with van der Waals surface area (Å²) < 4.78 is 7.06. The van der Waals surface area contributed by atoms with Gasteiger partial charge in [-0.25, -0.2) is 4.98 Å². The number of aromatic nitrogens is 1. The van der Waals surface area contributed by atoms with E-state index in [1.54, 1.807) is 11.3 Å². The summed E-state index contributed by atoms with van der Waals surface area (Å²) in [6.45, 7) is 6.47. The highest BCUT2D eigenvalue weighted by atomic mass is 32.1. The summed E-state index contributed by atoms with van der Waals surface area (Å²) in [5.74, 6) is 0.897. The first-order chi connectivity index (χ1) is 15.4. The molecule has 1 aromatic heterocycles. The summed E-state index contributed by atoms with van der Waals surface area (Å²) in [5, 5.41) is 13.0. The zero-order valence-electron chi connectivity index (χ0n) is 18.7. The summed E-state index contributed by atoms with van der Waals surface area (Å²) in [7, 11) is 0. The van der Waals surface area contributed by atoms with E-state index < -0.39 is 5.54 Å². The molecule has 2 N–H and O–H groups in total. The Bertz CT molecular complexity index is 1010. The topological polar surface area (TPSA) is 74.7 Å². The number of carbonyl (C=O) groups excluding carboxylic acids is 1. The molecule has 0 atom stereocenters. The van der Waals surface area contributed by atoms with Crippen LogP contribution in [0.1, 0.15) is 32.3 Å². The van der Waals surface area contributed by atoms with E-state index in [1.165, 1.54) is 5.56 Å². The highest BCUT2D eigenvalue weighted by Gasteiger charge is 2.28. The van der Waals surface area contributed by atoms with Crippen LogP contribution < -0.4 is 10.1 Å². The molecule has 1 amide bonds. The number of thiazole rings is 1. The lowest BCUT2D eigenvalue weighted by Crippen LogP contribution is -2.50. The lowest BCUT2D eigenvalue weighted by atomic mass is 9.94. The van der Waals surface area contributed by atoms with E-state index in [-0.39, 0.29) is 18.4 Å². The number of nitrogens with one attached hydrogen (secondary N) is 1. The lowest BCUT2D eigenvalue weighted by Gasteiger charge is -2.33. The summed E-state index contributed by atoms with van der Waals surface area (Å²) in [6, 6.07) is 16.3. The number of para-hydroxylation sites is 1. The van der Waals surface area contributed by atoms with Gasteiger partial charge in [0.25, 0.3) is 5.19 Å². The quantitative estimate of drug-likeness (QED) is 0.534. The zero-order chi connectivity index (χ0) is 22.6. The van der Waals surface area contributed by atoms with Crippen molar-refractivity contribution in [2.75, 3.05) is 26.2 Å². The Labute approximate surface area is 193 Å². The third kappa shape index (κ3) is 5.85. The fourth-order valence-corrected chi connectivity index (χ4v) is 4.74. The largest absolute Gasteiger partial charge is 0.431 e. The molecule has 1 fully saturated rings. The second kappa shape index (κ2) is 9.98. The van der Waals surface area contributed by atoms with Crippen molar-refractivity contribution in [3.63, 3.8) is 0 Å². The van der Waals surface area contributed by atoms with Crippen LogP contribution >= 0.6 is 11.3 Å². The van der Waals surface area contributed by atoms with Gasteiger partial charge < -0.3 is 20.1 Å². The Morgan fingerprint density at radius 1 is 1.19 bits per heavy atom. The van der Waals surface area contributed by atoms with E-state index in [2.05, 4.69) is 27.3 Å². The molecule has 7 heteroatoms. The fraction of sp³-hybridized carbons (Fsp3) is 0.440. The molecule has 32 heavy (non-hydrogen) atoms. The summed E-state index contributed by atoms with van der Waals surface area (Å²) in [5.41, 5.74) is 1.67. The van der Waals surface area contributed by atoms with E-state index in [0.29, 0.717) is 5.19 Å². The fourth-order valence-electron chi connectivity index (χ4n) is 3.90. The molecule has 0 saturated carbocycles. The first kappa shape index (κ1) is 22.7. The van der Waals surface area contributed by atoms with Crippen molar-refractivity contribution < 1.29 is 14.6 Å². The van der Waals surface area contributed by atoms with Crippen molar-refractivity contribution in [2.45, 2.75) is 38.6 Å². The van der Waals surface area contributed by atoms with Gasteiger partial charge >= 0.3 is 0 Å². The number of hydrogen-bond donors (Lipinski definition) is 2. The number of ether oxygens (including phenoxy) is 1. The van der Waals surface area contributed by atoms with Gasteiger partial charge in [-0.2, -0.15) is 0 Å². The number of benzene rings is 2. The van der Waals surface area contributed by atoms with Crippen molar-refractivity contribution in [3.05, 3.63) is 54.1 Å². The number of piperidine rings is 1. The number of hydrogen-bond acceptors (Lipinski definition) is 6. The Morgan fingerprint density at radius 2 is 1.91 bits per heavy atom. The maximum absolute atomic E-state index is 12.4. The molecule has 0 spiro atoms. The molecular formula is C25H31N3O3S. The Morgan fingerprint density at radius 3 is 2.59 bits per heavy atom. The Kier molecular flexibility index (Phi) is 7.08. The number of amides is 1. The van der Waals surface area contributed by atoms with Crippen LogP contribution in [-0.2, 0) is 11.2 Å². The highest BCUT2D eigenvalue weighted by Crippen LogP contribution is 2.31. The summed E-state index contributed by atoms with van der Waals surface area (Å²) in [4.78, 5) is 19.4. The van der Waals surface area contributed by atoms with Crippen LogP contribution in [0.4, 0.5) is 0 Å². The lowest BCUT2D eigenvalue weighted by molar-refractivity contribution is -0.128. The van der Waals surface area contributed by atoms with E-state index >= 15 is 0 Å². The number of carbonyl (C=O) groups is 1. The third-order valence-corrected chi connectivity index (χ3v) is 6.85. The molecule has 0 bridgehead atoms. The smallest absolute Gasteiger partial charge is 0.279 e. The molecule has 4 rings (SSSR count). The summed E-state index contributed by atoms with van der Waals surface area (Å²) in [6.07, 6.45) is 2.69. The number of nitrogens with zero attached hydrogens (tertiary/aromatic N) is 2. The van der Waals surface area contributed by atoms with Crippen LogP contribution in [0.3, 0.4) is 0 Å². The van der Waals surface area contributed by atoms with Crippen LogP contribution in [0, 0.1) is 5.92 Å². The van der Waals surface area contributed by atoms with E-state index in [1.807, 2.05) is 50.2 Å². The second-order valence-corrected chi connectivity index (χ2v) is 10.1. The van der Waals surface area contributed by atoms with E-state index in [0.717, 1.165) is 54.9 Å². The first-order valence-electron chi connectivity index (χ1n) is 11.2. The van der Waals surface area contributed by atoms with Gasteiger partial charge in [-0.1, -0.05) is 35.6 Å². The molecule has 0 radical (unpaired) electrons. The molecule has 1 aliphatic heterocycles. The van der Waals surface area contributed by atoms with Gasteiger partial charge in [-0.15, -0.1) is 0 Å². The van der Waals surface area contributed by atoms with Gasteiger partial charge in [0.05, 0.1) is 22.4 Å². The van der Waals surface area contributed by atoms with E-state index in [4.69, 9.17) is 4.74 Å². The minimum atomic E-state index is -0.558. The van der Waals surface area contributed by atoms with Crippen molar-refractivity contribution in [1.29, 1.82) is 0 Å². The second-order valence-electron chi connectivity index (χ2n) is 9.09. The number of aliphatic hydroxyl groups excluding tert-OH is 1. The van der Waals surface area contributed by atoms with Gasteiger partial charge in [0.2, 0.25) is 5.91 Å². The molecule has 6 nitrogen and oxygen atoms in total. The number of fused-ring (bicyclic) bond motifs is 1. The Hall–Kier alpha value is -2.48. The Balaban J connectivity index is 1.22. The van der Waals surface area contributed by atoms with Crippen molar-refractivity contribution >= 4 is 27.5 Å². The van der Waals surface area contributed by atoms with Crippen molar-refractivity contribution in [3.8, 4) is 10.9 Å². The SMILES string of the molecule is CC(C)(CO)NC(=O)C1CCN(CCc2ccc(Oc3nc4ccccc4s3)cc2)CC1. The average molecular weight is 454 g/mol. The predicted octanol–water partition coefficient (Wildman–Crippen LogP) is 4.23. The first-order valence-corrected chi connectivity index (χ1v) is 12.0. The van der Waals surface area contributed by atoms with E-state index in [9.17, 15) is 9.90 Å². The molecule has 3 aromatic rings. The number of likely N-dealkylation sites (tertiary alicyclic amines) is 1. The van der Waals surface area contributed by atoms with Gasteiger partial charge in [-0.05, 0) is 76.0 Å². The molecule has 0 unspecified atom stereocenters. The van der Waals surface area contributed by atoms with Gasteiger partial charge in [0, 0.05) is 12.5 Å². The predicted molar refractivity (Wildman–Crippen MR) is 128 cm³/mol. The normalized spacial score (nSPS) is 15.7. The van der Waals surface area contributed by atoms with Gasteiger partial charge in [0.15, 0.2) is 0 Å². The standard InChI is InChI=1S/C25H31N3O3S/c1-25(2,17-29)27-23(30)19-12-15-28(16-13-19)14-11-18-7-9-20(10-8-18)31-24-26-21-5-3-4-6-22(21)32-24/h3-10,19,29H,11-17H2,1-2H3,(H,27,30). The summed E-state index contributed by atoms with van der Waals surface area (Å²) >= 11 is 1.55. The third-order valence-electron chi connectivity index (χ3n) is 5.93. The highest BCUT2D eigenvalue weighted by molar-refractivity contribution is 7.20. The monoisotopic (exact) mass is 453 g/mol. The van der Waals surface area contributed by atoms with Crippen LogP contribution in [0.2, 0.25) is 0 Å². The molecule has 0 aliphatic carbocycles. The van der Waals surface area contributed by atoms with Crippen LogP contribution in [-0.4, -0.2) is 52.7 Å². The minimum absolute atomic E-state index is 0.0380. The number of rotatable bonds is 8. The number of aliphatic hydroxyl groups is 1. The molecule has 2 aromatic carbocycles. The molecule has 2 heterocycles. The molecule has 1 saturated heterocycles. The van der Waals surface area contributed by atoms with Crippen molar-refractivity contribution in [1.82, 2.24) is 15.2 Å². The molecule has 170 valence electrons. The maximum atomic E-state index is 12.4. The van der Waals surface area contributed by atoms with Crippen LogP contribution in [0.5, 0.6) is 10.9 Å².